The summed E-state index contributed by atoms with van der Waals surface area (Å²) in [6.07, 6.45) is 7.31. The molecule has 2 saturated carbocycles. The van der Waals surface area contributed by atoms with Crippen LogP contribution in [0.1, 0.15) is 72.1 Å². The van der Waals surface area contributed by atoms with E-state index in [9.17, 15) is 18.0 Å². The predicted octanol–water partition coefficient (Wildman–Crippen LogP) is 2.83. The molecule has 0 aromatic heterocycles. The summed E-state index contributed by atoms with van der Waals surface area (Å²) in [4.78, 5) is 29.1. The van der Waals surface area contributed by atoms with Crippen LogP contribution in [0.2, 0.25) is 0 Å². The minimum absolute atomic E-state index is 0.0193. The van der Waals surface area contributed by atoms with Crippen molar-refractivity contribution in [1.29, 1.82) is 0 Å². The van der Waals surface area contributed by atoms with Gasteiger partial charge in [0.25, 0.3) is 0 Å². The molecule has 4 rings (SSSR count). The number of carbonyl (C=O) groups is 2. The number of hydrogen-bond donors (Lipinski definition) is 0. The van der Waals surface area contributed by atoms with Gasteiger partial charge in [0, 0.05) is 32.1 Å². The number of sulfonamides is 1. The smallest absolute Gasteiger partial charge is 0.410 e. The third kappa shape index (κ3) is 4.52. The van der Waals surface area contributed by atoms with Crippen LogP contribution in [0.4, 0.5) is 4.79 Å². The summed E-state index contributed by atoms with van der Waals surface area (Å²) >= 11 is 0. The Labute approximate surface area is 192 Å². The summed E-state index contributed by atoms with van der Waals surface area (Å²) in [5, 5.41) is 0. The Morgan fingerprint density at radius 2 is 1.75 bits per heavy atom. The van der Waals surface area contributed by atoms with Gasteiger partial charge in [-0.05, 0) is 64.2 Å². The molecule has 0 spiro atoms. The molecule has 0 radical (unpaired) electrons. The fraction of sp³-hybridized carbons (Fsp3) is 0.913. The van der Waals surface area contributed by atoms with Gasteiger partial charge < -0.3 is 14.5 Å². The van der Waals surface area contributed by atoms with Gasteiger partial charge >= 0.3 is 6.09 Å². The van der Waals surface area contributed by atoms with E-state index >= 15 is 0 Å². The number of rotatable bonds is 3. The van der Waals surface area contributed by atoms with Gasteiger partial charge in [0.1, 0.15) is 0 Å². The molecular weight excluding hydrogens is 430 g/mol. The highest BCUT2D eigenvalue weighted by molar-refractivity contribution is 7.89. The normalized spacial score (nSPS) is 37.7. The zero-order valence-corrected chi connectivity index (χ0v) is 20.6. The molecule has 2 heterocycles. The molecule has 2 aliphatic heterocycles. The van der Waals surface area contributed by atoms with E-state index in [1.54, 1.807) is 11.2 Å². The third-order valence-electron chi connectivity index (χ3n) is 8.28. The van der Waals surface area contributed by atoms with Crippen molar-refractivity contribution in [2.75, 3.05) is 25.4 Å². The van der Waals surface area contributed by atoms with Crippen molar-refractivity contribution in [3.8, 4) is 0 Å². The van der Waals surface area contributed by atoms with Crippen molar-refractivity contribution in [2.24, 2.45) is 11.8 Å². The highest BCUT2D eigenvalue weighted by atomic mass is 32.2. The van der Waals surface area contributed by atoms with Crippen molar-refractivity contribution in [2.45, 2.75) is 96.3 Å². The second-order valence-corrected chi connectivity index (χ2v) is 12.2. The summed E-state index contributed by atoms with van der Waals surface area (Å²) in [5.41, 5.74) is 0. The molecular formula is C23H39N3O5S. The zero-order chi connectivity index (χ0) is 23.0. The standard InChI is InChI=1S/C23H39N3O5S/c1-4-31-23(28)24-15-16(2)26(17(3)27)21-10-9-19(14-22(21)24)18-7-5-8-20(13-18)25-11-6-12-32(25,29)30/h16,18-22H,4-15H2,1-3H3/t16-,18?,19?,20?,21?,22?/m0/s1. The van der Waals surface area contributed by atoms with Crippen LogP contribution in [0.15, 0.2) is 0 Å². The molecule has 5 unspecified atom stereocenters. The second kappa shape index (κ2) is 9.49. The molecule has 2 amide bonds. The van der Waals surface area contributed by atoms with Gasteiger partial charge in [0.15, 0.2) is 0 Å². The first-order chi connectivity index (χ1) is 15.2. The maximum atomic E-state index is 12.8. The number of amides is 2. The molecule has 0 bridgehead atoms. The Morgan fingerprint density at radius 3 is 2.41 bits per heavy atom. The Kier molecular flexibility index (Phi) is 7.05. The molecule has 2 aliphatic carbocycles. The number of hydrogen-bond acceptors (Lipinski definition) is 5. The van der Waals surface area contributed by atoms with Crippen molar-refractivity contribution in [1.82, 2.24) is 14.1 Å². The van der Waals surface area contributed by atoms with Crippen molar-refractivity contribution in [3.63, 3.8) is 0 Å². The van der Waals surface area contributed by atoms with Gasteiger partial charge in [0.2, 0.25) is 15.9 Å². The van der Waals surface area contributed by atoms with Crippen LogP contribution in [-0.2, 0) is 19.6 Å². The first-order valence-electron chi connectivity index (χ1n) is 12.4. The molecule has 2 saturated heterocycles. The lowest BCUT2D eigenvalue weighted by atomic mass is 9.68. The van der Waals surface area contributed by atoms with Crippen LogP contribution in [0.25, 0.3) is 0 Å². The van der Waals surface area contributed by atoms with E-state index in [1.165, 1.54) is 0 Å². The molecule has 0 aromatic rings. The van der Waals surface area contributed by atoms with E-state index in [0.717, 1.165) is 51.4 Å². The van der Waals surface area contributed by atoms with Gasteiger partial charge in [-0.25, -0.2) is 13.2 Å². The van der Waals surface area contributed by atoms with E-state index in [-0.39, 0.29) is 41.9 Å². The number of nitrogens with zero attached hydrogens (tertiary/aromatic N) is 3. The topological polar surface area (TPSA) is 87.2 Å². The minimum Gasteiger partial charge on any atom is -0.450 e. The Hall–Kier alpha value is -1.35. The monoisotopic (exact) mass is 469 g/mol. The SMILES string of the molecule is CCOC(=O)N1C[C@H](C)N(C(C)=O)C2CCC(C3CCCC(N4CCCS4(=O)=O)C3)CC21. The fourth-order valence-corrected chi connectivity index (χ4v) is 8.79. The van der Waals surface area contributed by atoms with Crippen molar-refractivity contribution >= 4 is 22.0 Å². The fourth-order valence-electron chi connectivity index (χ4n) is 7.00. The zero-order valence-electron chi connectivity index (χ0n) is 19.7. The summed E-state index contributed by atoms with van der Waals surface area (Å²) in [6, 6.07) is 0.119. The van der Waals surface area contributed by atoms with Crippen LogP contribution in [0.5, 0.6) is 0 Å². The van der Waals surface area contributed by atoms with E-state index < -0.39 is 10.0 Å². The van der Waals surface area contributed by atoms with E-state index in [0.29, 0.717) is 31.5 Å². The Balaban J connectivity index is 1.50. The minimum atomic E-state index is -3.09. The summed E-state index contributed by atoms with van der Waals surface area (Å²) in [5.74, 6) is 1.28. The largest absolute Gasteiger partial charge is 0.450 e. The molecule has 0 N–H and O–H groups in total. The molecule has 8 nitrogen and oxygen atoms in total. The molecule has 0 aromatic carbocycles. The molecule has 6 atom stereocenters. The molecule has 4 fully saturated rings. The number of ether oxygens (including phenoxy) is 1. The van der Waals surface area contributed by atoms with Crippen molar-refractivity contribution in [3.05, 3.63) is 0 Å². The third-order valence-corrected chi connectivity index (χ3v) is 10.3. The molecule has 4 aliphatic rings. The van der Waals surface area contributed by atoms with Gasteiger partial charge in [-0.1, -0.05) is 12.8 Å². The van der Waals surface area contributed by atoms with Crippen LogP contribution in [0.3, 0.4) is 0 Å². The molecule has 182 valence electrons. The second-order valence-electron chi connectivity index (χ2n) is 10.2. The van der Waals surface area contributed by atoms with Crippen LogP contribution in [-0.4, -0.2) is 84.1 Å². The summed E-state index contributed by atoms with van der Waals surface area (Å²) in [6.45, 7) is 6.97. The van der Waals surface area contributed by atoms with Gasteiger partial charge in [-0.15, -0.1) is 0 Å². The predicted molar refractivity (Wildman–Crippen MR) is 121 cm³/mol. The lowest BCUT2D eigenvalue weighted by molar-refractivity contribution is -0.142. The summed E-state index contributed by atoms with van der Waals surface area (Å²) < 4.78 is 32.1. The van der Waals surface area contributed by atoms with E-state index in [2.05, 4.69) is 0 Å². The Morgan fingerprint density at radius 1 is 1.00 bits per heavy atom. The maximum absolute atomic E-state index is 12.8. The molecule has 9 heteroatoms. The first kappa shape index (κ1) is 23.8. The summed E-state index contributed by atoms with van der Waals surface area (Å²) in [7, 11) is -3.09. The average molecular weight is 470 g/mol. The Bertz CT molecular complexity index is 818. The van der Waals surface area contributed by atoms with Gasteiger partial charge in [-0.2, -0.15) is 4.31 Å². The maximum Gasteiger partial charge on any atom is 0.410 e. The van der Waals surface area contributed by atoms with Crippen LogP contribution in [0, 0.1) is 11.8 Å². The number of fused-ring (bicyclic) bond motifs is 1. The molecule has 32 heavy (non-hydrogen) atoms. The highest BCUT2D eigenvalue weighted by Crippen LogP contribution is 2.44. The van der Waals surface area contributed by atoms with Gasteiger partial charge in [0.05, 0.1) is 24.4 Å². The lowest BCUT2D eigenvalue weighted by Gasteiger charge is -2.54. The van der Waals surface area contributed by atoms with Crippen LogP contribution < -0.4 is 0 Å². The quantitative estimate of drug-likeness (QED) is 0.634. The number of piperazine rings is 1. The average Bonchev–Trinajstić information content (AvgIpc) is 3.11. The van der Waals surface area contributed by atoms with E-state index in [1.807, 2.05) is 23.6 Å². The lowest BCUT2D eigenvalue weighted by Crippen LogP contribution is -2.67. The van der Waals surface area contributed by atoms with Crippen molar-refractivity contribution < 1.29 is 22.7 Å². The number of carbonyl (C=O) groups excluding carboxylic acids is 2. The van der Waals surface area contributed by atoms with Gasteiger partial charge in [-0.3, -0.25) is 4.79 Å². The van der Waals surface area contributed by atoms with E-state index in [4.69, 9.17) is 4.74 Å². The highest BCUT2D eigenvalue weighted by Gasteiger charge is 2.48. The first-order valence-corrected chi connectivity index (χ1v) is 14.1. The van der Waals surface area contributed by atoms with Crippen LogP contribution >= 0.6 is 0 Å².